The summed E-state index contributed by atoms with van der Waals surface area (Å²) in [4.78, 5) is 14.9. The largest absolute Gasteiger partial charge is 0.344 e. The third kappa shape index (κ3) is 3.03. The molecule has 2 aliphatic rings. The molecular formula is C17H25ClN2O2. The summed E-state index contributed by atoms with van der Waals surface area (Å²) in [6, 6.07) is 0.462. The summed E-state index contributed by atoms with van der Waals surface area (Å²) in [6.45, 7) is 5.14. The van der Waals surface area contributed by atoms with Crippen molar-refractivity contribution in [3.05, 3.63) is 16.5 Å². The zero-order chi connectivity index (χ0) is 15.7. The van der Waals surface area contributed by atoms with Crippen molar-refractivity contribution < 1.29 is 9.32 Å². The van der Waals surface area contributed by atoms with Crippen molar-refractivity contribution in [3.8, 4) is 0 Å². The Kier molecular flexibility index (Phi) is 4.76. The molecule has 2 heterocycles. The third-order valence-electron chi connectivity index (χ3n) is 5.58. The van der Waals surface area contributed by atoms with E-state index in [-0.39, 0.29) is 5.91 Å². The van der Waals surface area contributed by atoms with Crippen LogP contribution < -0.4 is 0 Å². The summed E-state index contributed by atoms with van der Waals surface area (Å²) >= 11 is 5.99. The number of likely N-dealkylation sites (tertiary alicyclic amines) is 1. The van der Waals surface area contributed by atoms with E-state index < -0.39 is 0 Å². The van der Waals surface area contributed by atoms with Crippen molar-refractivity contribution in [3.63, 3.8) is 0 Å². The van der Waals surface area contributed by atoms with Crippen LogP contribution in [0.3, 0.4) is 0 Å². The van der Waals surface area contributed by atoms with Crippen molar-refractivity contribution in [2.75, 3.05) is 6.54 Å². The van der Waals surface area contributed by atoms with Crippen LogP contribution in [0.25, 0.3) is 0 Å². The first-order valence-electron chi connectivity index (χ1n) is 8.48. The number of nitrogens with zero attached hydrogens (tertiary/aromatic N) is 2. The van der Waals surface area contributed by atoms with Gasteiger partial charge in [-0.05, 0) is 56.0 Å². The number of aryl methyl sites for hydroxylation is 1. The summed E-state index contributed by atoms with van der Waals surface area (Å²) < 4.78 is 4.96. The number of carbonyl (C=O) groups excluding carboxylic acids is 1. The highest BCUT2D eigenvalue weighted by atomic mass is 35.5. The van der Waals surface area contributed by atoms with Crippen molar-refractivity contribution >= 4 is 17.5 Å². The Balaban J connectivity index is 1.64. The van der Waals surface area contributed by atoms with Crippen LogP contribution in [0.5, 0.6) is 0 Å². The maximum atomic E-state index is 12.7. The molecule has 1 saturated heterocycles. The van der Waals surface area contributed by atoms with Crippen LogP contribution in [0, 0.1) is 18.8 Å². The number of hydrogen-bond acceptors (Lipinski definition) is 3. The molecule has 1 aromatic heterocycles. The molecule has 0 bridgehead atoms. The smallest absolute Gasteiger partial charge is 0.229 e. The van der Waals surface area contributed by atoms with Crippen molar-refractivity contribution in [2.45, 2.75) is 64.8 Å². The Morgan fingerprint density at radius 1 is 1.36 bits per heavy atom. The van der Waals surface area contributed by atoms with Gasteiger partial charge in [0, 0.05) is 24.6 Å². The van der Waals surface area contributed by atoms with E-state index in [9.17, 15) is 4.79 Å². The van der Waals surface area contributed by atoms with Gasteiger partial charge < -0.3 is 9.42 Å². The number of aromatic nitrogens is 1. The highest BCUT2D eigenvalue weighted by Gasteiger charge is 2.39. The number of piperidine rings is 1. The van der Waals surface area contributed by atoms with E-state index in [1.807, 2.05) is 6.92 Å². The average Bonchev–Trinajstić information content (AvgIpc) is 2.84. The van der Waals surface area contributed by atoms with Crippen molar-refractivity contribution in [1.29, 1.82) is 0 Å². The predicted octanol–water partition coefficient (Wildman–Crippen LogP) is 4.00. The zero-order valence-corrected chi connectivity index (χ0v) is 14.2. The summed E-state index contributed by atoms with van der Waals surface area (Å²) in [5.74, 6) is 1.72. The molecule has 122 valence electrons. The molecule has 0 spiro atoms. The van der Waals surface area contributed by atoms with E-state index in [1.165, 1.54) is 25.7 Å². The minimum Gasteiger partial charge on any atom is -0.344 e. The topological polar surface area (TPSA) is 46.3 Å². The van der Waals surface area contributed by atoms with Gasteiger partial charge in [0.25, 0.3) is 0 Å². The lowest BCUT2D eigenvalue weighted by molar-refractivity contribution is -0.139. The number of rotatable bonds is 3. The monoisotopic (exact) mass is 324 g/mol. The van der Waals surface area contributed by atoms with E-state index in [1.54, 1.807) is 0 Å². The molecule has 1 aliphatic carbocycles. The van der Waals surface area contributed by atoms with E-state index in [2.05, 4.69) is 17.0 Å². The minimum atomic E-state index is 0.264. The normalized spacial score (nSPS) is 28.5. The van der Waals surface area contributed by atoms with Gasteiger partial charge in [0.2, 0.25) is 11.1 Å². The standard InChI is InChI=1S/C17H25ClN2O2/c1-11-9-10-20(15-6-4-3-5-13(11)15)16(21)8-7-14-12(2)19-22-17(14)18/h11,13,15H,3-10H2,1-2H3. The second-order valence-corrected chi connectivity index (χ2v) is 7.23. The first-order chi connectivity index (χ1) is 10.6. The Hall–Kier alpha value is -1.03. The molecule has 0 radical (unpaired) electrons. The van der Waals surface area contributed by atoms with Gasteiger partial charge in [-0.1, -0.05) is 24.9 Å². The molecule has 3 rings (SSSR count). The molecular weight excluding hydrogens is 300 g/mol. The zero-order valence-electron chi connectivity index (χ0n) is 13.5. The maximum absolute atomic E-state index is 12.7. The van der Waals surface area contributed by atoms with Crippen LogP contribution >= 0.6 is 11.6 Å². The molecule has 4 nitrogen and oxygen atoms in total. The second kappa shape index (κ2) is 6.61. The average molecular weight is 325 g/mol. The van der Waals surface area contributed by atoms with E-state index in [0.717, 1.165) is 30.1 Å². The van der Waals surface area contributed by atoms with Gasteiger partial charge in [0.1, 0.15) is 0 Å². The van der Waals surface area contributed by atoms with Crippen LogP contribution in [0.1, 0.15) is 56.7 Å². The molecule has 22 heavy (non-hydrogen) atoms. The molecule has 1 aliphatic heterocycles. The third-order valence-corrected chi connectivity index (χ3v) is 5.88. The van der Waals surface area contributed by atoms with Gasteiger partial charge in [0.15, 0.2) is 0 Å². The van der Waals surface area contributed by atoms with E-state index >= 15 is 0 Å². The molecule has 5 heteroatoms. The van der Waals surface area contributed by atoms with Crippen molar-refractivity contribution in [2.24, 2.45) is 11.8 Å². The maximum Gasteiger partial charge on any atom is 0.229 e. The molecule has 2 fully saturated rings. The van der Waals surface area contributed by atoms with Gasteiger partial charge >= 0.3 is 0 Å². The van der Waals surface area contributed by atoms with Gasteiger partial charge in [-0.3, -0.25) is 4.79 Å². The molecule has 3 unspecified atom stereocenters. The Bertz CT molecular complexity index is 523. The van der Waals surface area contributed by atoms with Gasteiger partial charge in [0.05, 0.1) is 5.69 Å². The summed E-state index contributed by atoms with van der Waals surface area (Å²) in [6.07, 6.45) is 7.30. The van der Waals surface area contributed by atoms with Crippen LogP contribution in [-0.2, 0) is 11.2 Å². The number of hydrogen-bond donors (Lipinski definition) is 0. The molecule has 3 atom stereocenters. The SMILES string of the molecule is Cc1noc(Cl)c1CCC(=O)N1CCC(C)C2CCCCC21. The first kappa shape index (κ1) is 15.9. The predicted molar refractivity (Wildman–Crippen MR) is 85.8 cm³/mol. The van der Waals surface area contributed by atoms with Gasteiger partial charge in [-0.2, -0.15) is 0 Å². The fraction of sp³-hybridized carbons (Fsp3) is 0.765. The Labute approximate surface area is 137 Å². The fourth-order valence-electron chi connectivity index (χ4n) is 4.24. The Morgan fingerprint density at radius 3 is 2.86 bits per heavy atom. The lowest BCUT2D eigenvalue weighted by Crippen LogP contribution is -2.52. The Morgan fingerprint density at radius 2 is 2.14 bits per heavy atom. The fourth-order valence-corrected chi connectivity index (χ4v) is 4.50. The summed E-state index contributed by atoms with van der Waals surface area (Å²) in [5.41, 5.74) is 1.67. The summed E-state index contributed by atoms with van der Waals surface area (Å²) in [5, 5.41) is 4.18. The molecule has 1 aromatic rings. The highest BCUT2D eigenvalue weighted by molar-refractivity contribution is 6.29. The molecule has 0 N–H and O–H groups in total. The van der Waals surface area contributed by atoms with Crippen molar-refractivity contribution in [1.82, 2.24) is 10.1 Å². The quantitative estimate of drug-likeness (QED) is 0.844. The van der Waals surface area contributed by atoms with Crippen LogP contribution in [-0.4, -0.2) is 28.6 Å². The number of halogens is 1. The minimum absolute atomic E-state index is 0.264. The van der Waals surface area contributed by atoms with E-state index in [4.69, 9.17) is 16.1 Å². The van der Waals surface area contributed by atoms with Gasteiger partial charge in [-0.25, -0.2) is 0 Å². The van der Waals surface area contributed by atoms with Crippen LogP contribution in [0.2, 0.25) is 5.22 Å². The highest BCUT2D eigenvalue weighted by Crippen LogP contribution is 2.39. The van der Waals surface area contributed by atoms with E-state index in [0.29, 0.717) is 30.0 Å². The van der Waals surface area contributed by atoms with Crippen LogP contribution in [0.4, 0.5) is 0 Å². The van der Waals surface area contributed by atoms with Crippen LogP contribution in [0.15, 0.2) is 4.52 Å². The summed E-state index contributed by atoms with van der Waals surface area (Å²) in [7, 11) is 0. The van der Waals surface area contributed by atoms with Gasteiger partial charge in [-0.15, -0.1) is 0 Å². The molecule has 1 saturated carbocycles. The number of fused-ring (bicyclic) bond motifs is 1. The molecule has 0 aromatic carbocycles. The molecule has 1 amide bonds. The number of amides is 1. The lowest BCUT2D eigenvalue weighted by Gasteiger charge is -2.47. The lowest BCUT2D eigenvalue weighted by atomic mass is 9.72. The second-order valence-electron chi connectivity index (χ2n) is 6.89. The number of carbonyl (C=O) groups is 1. The first-order valence-corrected chi connectivity index (χ1v) is 8.86.